The van der Waals surface area contributed by atoms with Crippen LogP contribution in [0.4, 0.5) is 4.39 Å². The average molecular weight is 297 g/mol. The Balaban J connectivity index is 1.71. The van der Waals surface area contributed by atoms with Gasteiger partial charge in [-0.05, 0) is 43.1 Å². The van der Waals surface area contributed by atoms with Crippen LogP contribution in [0.3, 0.4) is 0 Å². The second-order valence-electron chi connectivity index (χ2n) is 5.50. The Labute approximate surface area is 125 Å². The Morgan fingerprint density at radius 2 is 2.19 bits per heavy atom. The van der Waals surface area contributed by atoms with Gasteiger partial charge in [0.2, 0.25) is 0 Å². The Morgan fingerprint density at radius 1 is 1.43 bits per heavy atom. The van der Waals surface area contributed by atoms with Crippen LogP contribution in [0, 0.1) is 11.7 Å². The van der Waals surface area contributed by atoms with E-state index in [0.29, 0.717) is 18.2 Å². The van der Waals surface area contributed by atoms with Gasteiger partial charge in [0, 0.05) is 19.7 Å². The molecule has 1 aromatic carbocycles. The minimum Gasteiger partial charge on any atom is -0.491 e. The van der Waals surface area contributed by atoms with Crippen molar-refractivity contribution >= 4 is 0 Å². The molecule has 0 unspecified atom stereocenters. The van der Waals surface area contributed by atoms with Crippen LogP contribution in [0.2, 0.25) is 0 Å². The van der Waals surface area contributed by atoms with Crippen molar-refractivity contribution < 1.29 is 19.0 Å². The van der Waals surface area contributed by atoms with Crippen molar-refractivity contribution in [1.29, 1.82) is 0 Å². The molecular weight excluding hydrogens is 273 g/mol. The zero-order valence-electron chi connectivity index (χ0n) is 12.5. The van der Waals surface area contributed by atoms with E-state index >= 15 is 0 Å². The quantitative estimate of drug-likeness (QED) is 0.796. The van der Waals surface area contributed by atoms with Gasteiger partial charge in [0.1, 0.15) is 24.3 Å². The maximum Gasteiger partial charge on any atom is 0.123 e. The Kier molecular flexibility index (Phi) is 6.42. The minimum absolute atomic E-state index is 0.212. The van der Waals surface area contributed by atoms with Gasteiger partial charge in [0.15, 0.2) is 0 Å². The number of benzene rings is 1. The Morgan fingerprint density at radius 3 is 2.81 bits per heavy atom. The lowest BCUT2D eigenvalue weighted by atomic mass is 10.1. The van der Waals surface area contributed by atoms with Gasteiger partial charge in [-0.15, -0.1) is 0 Å². The number of hydrogen-bond acceptors (Lipinski definition) is 4. The molecule has 2 rings (SSSR count). The zero-order chi connectivity index (χ0) is 15.1. The van der Waals surface area contributed by atoms with Gasteiger partial charge in [0.25, 0.3) is 0 Å². The lowest BCUT2D eigenvalue weighted by molar-refractivity contribution is 0.0631. The van der Waals surface area contributed by atoms with Gasteiger partial charge in [-0.3, -0.25) is 0 Å². The highest BCUT2D eigenvalue weighted by Gasteiger charge is 2.20. The van der Waals surface area contributed by atoms with Gasteiger partial charge in [-0.2, -0.15) is 0 Å². The standard InChI is InChI=1S/C16H24FNO3/c1-2-18(9-13-7-8-20-11-13)10-15(19)12-21-16-5-3-14(17)4-6-16/h3-6,13,15,19H,2,7-12H2,1H3/t13-,15+/m0/s1. The van der Waals surface area contributed by atoms with Crippen molar-refractivity contribution in [2.24, 2.45) is 5.92 Å². The highest BCUT2D eigenvalue weighted by atomic mass is 19.1. The predicted molar refractivity (Wildman–Crippen MR) is 78.9 cm³/mol. The molecule has 5 heteroatoms. The van der Waals surface area contributed by atoms with Crippen LogP contribution in [0.5, 0.6) is 5.75 Å². The highest BCUT2D eigenvalue weighted by molar-refractivity contribution is 5.22. The molecule has 21 heavy (non-hydrogen) atoms. The maximum absolute atomic E-state index is 12.8. The van der Waals surface area contributed by atoms with Crippen molar-refractivity contribution in [2.45, 2.75) is 19.4 Å². The molecule has 1 aliphatic rings. The monoisotopic (exact) mass is 297 g/mol. The van der Waals surface area contributed by atoms with Crippen molar-refractivity contribution in [3.63, 3.8) is 0 Å². The first-order valence-corrected chi connectivity index (χ1v) is 7.54. The third-order valence-corrected chi connectivity index (χ3v) is 3.71. The molecule has 2 atom stereocenters. The molecule has 1 aliphatic heterocycles. The van der Waals surface area contributed by atoms with E-state index in [1.165, 1.54) is 12.1 Å². The van der Waals surface area contributed by atoms with Crippen LogP contribution >= 0.6 is 0 Å². The first-order chi connectivity index (χ1) is 10.2. The minimum atomic E-state index is -0.558. The summed E-state index contributed by atoms with van der Waals surface area (Å²) in [7, 11) is 0. The fourth-order valence-electron chi connectivity index (χ4n) is 2.50. The number of aliphatic hydroxyl groups excluding tert-OH is 1. The molecule has 0 bridgehead atoms. The van der Waals surface area contributed by atoms with Gasteiger partial charge in [-0.25, -0.2) is 4.39 Å². The number of rotatable bonds is 8. The van der Waals surface area contributed by atoms with Crippen LogP contribution in [0.1, 0.15) is 13.3 Å². The summed E-state index contributed by atoms with van der Waals surface area (Å²) in [6.45, 7) is 6.38. The molecule has 4 nitrogen and oxygen atoms in total. The number of ether oxygens (including phenoxy) is 2. The average Bonchev–Trinajstić information content (AvgIpc) is 2.99. The van der Waals surface area contributed by atoms with Crippen LogP contribution in [0.15, 0.2) is 24.3 Å². The summed E-state index contributed by atoms with van der Waals surface area (Å²) in [6.07, 6.45) is 0.538. The molecular formula is C16H24FNO3. The molecule has 1 saturated heterocycles. The molecule has 1 N–H and O–H groups in total. The van der Waals surface area contributed by atoms with E-state index in [1.807, 2.05) is 0 Å². The third kappa shape index (κ3) is 5.61. The first kappa shape index (κ1) is 16.2. The second kappa shape index (κ2) is 8.32. The topological polar surface area (TPSA) is 41.9 Å². The Bertz CT molecular complexity index is 406. The largest absolute Gasteiger partial charge is 0.491 e. The van der Waals surface area contributed by atoms with Crippen LogP contribution in [-0.4, -0.2) is 55.6 Å². The van der Waals surface area contributed by atoms with E-state index in [4.69, 9.17) is 9.47 Å². The van der Waals surface area contributed by atoms with E-state index in [1.54, 1.807) is 12.1 Å². The fourth-order valence-corrected chi connectivity index (χ4v) is 2.50. The molecule has 0 radical (unpaired) electrons. The lowest BCUT2D eigenvalue weighted by Gasteiger charge is -2.25. The van der Waals surface area contributed by atoms with Crippen molar-refractivity contribution in [3.8, 4) is 5.75 Å². The lowest BCUT2D eigenvalue weighted by Crippen LogP contribution is -2.38. The number of hydrogen-bond donors (Lipinski definition) is 1. The molecule has 0 spiro atoms. The normalized spacial score (nSPS) is 19.9. The summed E-state index contributed by atoms with van der Waals surface area (Å²) < 4.78 is 23.6. The van der Waals surface area contributed by atoms with Crippen molar-refractivity contribution in [3.05, 3.63) is 30.1 Å². The number of halogens is 1. The van der Waals surface area contributed by atoms with E-state index in [2.05, 4.69) is 11.8 Å². The third-order valence-electron chi connectivity index (χ3n) is 3.71. The van der Waals surface area contributed by atoms with Crippen LogP contribution < -0.4 is 4.74 Å². The van der Waals surface area contributed by atoms with E-state index in [9.17, 15) is 9.50 Å². The number of aliphatic hydroxyl groups is 1. The smallest absolute Gasteiger partial charge is 0.123 e. The SMILES string of the molecule is CCN(C[C@@H](O)COc1ccc(F)cc1)C[C@@H]1CCOC1. The summed E-state index contributed by atoms with van der Waals surface area (Å²) >= 11 is 0. The second-order valence-corrected chi connectivity index (χ2v) is 5.50. The van der Waals surface area contributed by atoms with Gasteiger partial charge >= 0.3 is 0 Å². The molecule has 1 heterocycles. The molecule has 118 valence electrons. The fraction of sp³-hybridized carbons (Fsp3) is 0.625. The van der Waals surface area contributed by atoms with Crippen LogP contribution in [-0.2, 0) is 4.74 Å². The molecule has 1 aromatic rings. The maximum atomic E-state index is 12.8. The highest BCUT2D eigenvalue weighted by Crippen LogP contribution is 2.15. The van der Waals surface area contributed by atoms with Crippen molar-refractivity contribution in [1.82, 2.24) is 4.90 Å². The zero-order valence-corrected chi connectivity index (χ0v) is 12.5. The number of nitrogens with zero attached hydrogens (tertiary/aromatic N) is 1. The molecule has 0 aromatic heterocycles. The number of likely N-dealkylation sites (N-methyl/N-ethyl adjacent to an activating group) is 1. The first-order valence-electron chi connectivity index (χ1n) is 7.54. The molecule has 0 saturated carbocycles. The van der Waals surface area contributed by atoms with Gasteiger partial charge < -0.3 is 19.5 Å². The molecule has 1 fully saturated rings. The van der Waals surface area contributed by atoms with Gasteiger partial charge in [-0.1, -0.05) is 6.92 Å². The van der Waals surface area contributed by atoms with Crippen LogP contribution in [0.25, 0.3) is 0 Å². The van der Waals surface area contributed by atoms with Crippen molar-refractivity contribution in [2.75, 3.05) is 39.5 Å². The van der Waals surface area contributed by atoms with E-state index in [-0.39, 0.29) is 12.4 Å². The summed E-state index contributed by atoms with van der Waals surface area (Å²) in [6, 6.07) is 5.82. The molecule has 0 aliphatic carbocycles. The summed E-state index contributed by atoms with van der Waals surface area (Å²) in [5.41, 5.74) is 0. The van der Waals surface area contributed by atoms with E-state index in [0.717, 1.165) is 32.7 Å². The summed E-state index contributed by atoms with van der Waals surface area (Å²) in [5, 5.41) is 10.1. The summed E-state index contributed by atoms with van der Waals surface area (Å²) in [5.74, 6) is 0.844. The Hall–Kier alpha value is -1.17. The van der Waals surface area contributed by atoms with E-state index < -0.39 is 6.10 Å². The van der Waals surface area contributed by atoms with Gasteiger partial charge in [0.05, 0.1) is 6.61 Å². The summed E-state index contributed by atoms with van der Waals surface area (Å²) in [4.78, 5) is 2.22. The predicted octanol–water partition coefficient (Wildman–Crippen LogP) is 1.92. The molecule has 0 amide bonds.